The van der Waals surface area contributed by atoms with Crippen LogP contribution in [0.1, 0.15) is 24.8 Å². The van der Waals surface area contributed by atoms with Gasteiger partial charge in [0.1, 0.15) is 5.78 Å². The molecule has 1 aliphatic rings. The molecular formula is C12H13BrO2. The third-order valence-corrected chi connectivity index (χ3v) is 3.13. The molecule has 0 aliphatic heterocycles. The molecule has 80 valence electrons. The number of hydrogen-bond donors (Lipinski definition) is 0. The molecule has 0 heterocycles. The van der Waals surface area contributed by atoms with Crippen molar-refractivity contribution in [3.63, 3.8) is 0 Å². The predicted octanol–water partition coefficient (Wildman–Crippen LogP) is 3.09. The van der Waals surface area contributed by atoms with Crippen molar-refractivity contribution >= 4 is 21.7 Å². The van der Waals surface area contributed by atoms with Crippen LogP contribution >= 0.6 is 15.9 Å². The van der Waals surface area contributed by atoms with Gasteiger partial charge in [0.15, 0.2) is 0 Å². The van der Waals surface area contributed by atoms with Gasteiger partial charge in [-0.15, -0.1) is 0 Å². The van der Waals surface area contributed by atoms with Gasteiger partial charge in [0, 0.05) is 17.3 Å². The summed E-state index contributed by atoms with van der Waals surface area (Å²) in [5.41, 5.74) is 1.15. The van der Waals surface area contributed by atoms with Gasteiger partial charge in [0.25, 0.3) is 0 Å². The highest BCUT2D eigenvalue weighted by atomic mass is 79.9. The first-order valence-corrected chi connectivity index (χ1v) is 5.91. The van der Waals surface area contributed by atoms with Gasteiger partial charge in [-0.25, -0.2) is 0 Å². The number of Topliss-reactive ketones (excluding diaryl/α,β-unsaturated/α-hetero) is 1. The van der Waals surface area contributed by atoms with E-state index in [1.165, 1.54) is 0 Å². The largest absolute Gasteiger partial charge is 0.373 e. The Bertz CT molecular complexity index is 345. The van der Waals surface area contributed by atoms with Crippen molar-refractivity contribution in [2.45, 2.75) is 32.0 Å². The van der Waals surface area contributed by atoms with Gasteiger partial charge in [0.2, 0.25) is 0 Å². The fourth-order valence-corrected chi connectivity index (χ4v) is 1.98. The molecule has 0 bridgehead atoms. The van der Waals surface area contributed by atoms with Crippen LogP contribution < -0.4 is 0 Å². The summed E-state index contributed by atoms with van der Waals surface area (Å²) in [6.07, 6.45) is 2.30. The molecule has 2 rings (SSSR count). The third-order valence-electron chi connectivity index (χ3n) is 2.60. The molecule has 0 spiro atoms. The van der Waals surface area contributed by atoms with E-state index in [1.54, 1.807) is 0 Å². The average molecular weight is 269 g/mol. The molecule has 1 aliphatic carbocycles. The Labute approximate surface area is 97.8 Å². The van der Waals surface area contributed by atoms with E-state index < -0.39 is 0 Å². The molecule has 1 atom stereocenters. The minimum atomic E-state index is 0.140. The van der Waals surface area contributed by atoms with Crippen LogP contribution in [0.15, 0.2) is 28.7 Å². The zero-order valence-electron chi connectivity index (χ0n) is 8.41. The van der Waals surface area contributed by atoms with Crippen LogP contribution in [0.3, 0.4) is 0 Å². The van der Waals surface area contributed by atoms with E-state index in [2.05, 4.69) is 15.9 Å². The molecule has 1 aromatic carbocycles. The van der Waals surface area contributed by atoms with Gasteiger partial charge in [-0.3, -0.25) is 4.79 Å². The first-order valence-electron chi connectivity index (χ1n) is 5.12. The number of halogens is 1. The number of ether oxygens (including phenoxy) is 1. The number of hydrogen-bond acceptors (Lipinski definition) is 2. The molecule has 3 heteroatoms. The summed E-state index contributed by atoms with van der Waals surface area (Å²) < 4.78 is 6.73. The number of rotatable bonds is 3. The lowest BCUT2D eigenvalue weighted by atomic mass is 10.2. The van der Waals surface area contributed by atoms with E-state index >= 15 is 0 Å². The van der Waals surface area contributed by atoms with E-state index in [-0.39, 0.29) is 6.10 Å². The third kappa shape index (κ3) is 3.14. The van der Waals surface area contributed by atoms with Crippen molar-refractivity contribution in [1.29, 1.82) is 0 Å². The predicted molar refractivity (Wildman–Crippen MR) is 61.6 cm³/mol. The molecule has 2 nitrogen and oxygen atoms in total. The Morgan fingerprint density at radius 3 is 2.67 bits per heavy atom. The molecule has 0 N–H and O–H groups in total. The van der Waals surface area contributed by atoms with Crippen LogP contribution in [0.5, 0.6) is 0 Å². The highest BCUT2D eigenvalue weighted by molar-refractivity contribution is 9.10. The van der Waals surface area contributed by atoms with E-state index in [1.807, 2.05) is 24.3 Å². The molecule has 1 aromatic rings. The number of ketones is 1. The Balaban J connectivity index is 1.83. The zero-order valence-corrected chi connectivity index (χ0v) is 10.00. The second kappa shape index (κ2) is 4.90. The summed E-state index contributed by atoms with van der Waals surface area (Å²) in [5, 5.41) is 0. The van der Waals surface area contributed by atoms with Gasteiger partial charge >= 0.3 is 0 Å². The topological polar surface area (TPSA) is 26.3 Å². The lowest BCUT2D eigenvalue weighted by Gasteiger charge is -2.10. The number of carbonyl (C=O) groups excluding carboxylic acids is 1. The lowest BCUT2D eigenvalue weighted by molar-refractivity contribution is -0.118. The minimum absolute atomic E-state index is 0.140. The fourth-order valence-electron chi connectivity index (χ4n) is 1.72. The highest BCUT2D eigenvalue weighted by Gasteiger charge is 2.22. The number of carbonyl (C=O) groups is 1. The first-order chi connectivity index (χ1) is 7.24. The van der Waals surface area contributed by atoms with Crippen molar-refractivity contribution in [2.75, 3.05) is 0 Å². The summed E-state index contributed by atoms with van der Waals surface area (Å²) in [7, 11) is 0. The van der Waals surface area contributed by atoms with Crippen molar-refractivity contribution < 1.29 is 9.53 Å². The summed E-state index contributed by atoms with van der Waals surface area (Å²) in [6, 6.07) is 8.05. The second-order valence-corrected chi connectivity index (χ2v) is 4.76. The van der Waals surface area contributed by atoms with Crippen molar-refractivity contribution in [1.82, 2.24) is 0 Å². The highest BCUT2D eigenvalue weighted by Crippen LogP contribution is 2.20. The fraction of sp³-hybridized carbons (Fsp3) is 0.417. The Kier molecular flexibility index (Phi) is 3.54. The molecular weight excluding hydrogens is 256 g/mol. The van der Waals surface area contributed by atoms with Crippen LogP contribution in [0.25, 0.3) is 0 Å². The van der Waals surface area contributed by atoms with E-state index in [0.29, 0.717) is 25.2 Å². The van der Waals surface area contributed by atoms with Crippen molar-refractivity contribution in [3.8, 4) is 0 Å². The second-order valence-electron chi connectivity index (χ2n) is 3.84. The van der Waals surface area contributed by atoms with Gasteiger partial charge < -0.3 is 4.74 Å². The molecule has 0 radical (unpaired) electrons. The smallest absolute Gasteiger partial charge is 0.135 e. The quantitative estimate of drug-likeness (QED) is 0.842. The lowest BCUT2D eigenvalue weighted by Crippen LogP contribution is -2.08. The monoisotopic (exact) mass is 268 g/mol. The molecule has 15 heavy (non-hydrogen) atoms. The van der Waals surface area contributed by atoms with E-state index in [4.69, 9.17) is 4.74 Å². The SMILES string of the molecule is O=C1CCC(OCc2ccc(Br)cc2)C1. The van der Waals surface area contributed by atoms with Crippen LogP contribution in [0.2, 0.25) is 0 Å². The minimum Gasteiger partial charge on any atom is -0.373 e. The van der Waals surface area contributed by atoms with Gasteiger partial charge in [-0.2, -0.15) is 0 Å². The molecule has 0 saturated heterocycles. The normalized spacial score (nSPS) is 20.9. The number of benzene rings is 1. The molecule has 1 saturated carbocycles. The standard InChI is InChI=1S/C12H13BrO2/c13-10-3-1-9(2-4-10)8-15-12-6-5-11(14)7-12/h1-4,12H,5-8H2. The van der Waals surface area contributed by atoms with Crippen LogP contribution in [0, 0.1) is 0 Å². The van der Waals surface area contributed by atoms with Gasteiger partial charge in [-0.05, 0) is 24.1 Å². The molecule has 1 fully saturated rings. The van der Waals surface area contributed by atoms with E-state index in [0.717, 1.165) is 16.5 Å². The zero-order chi connectivity index (χ0) is 10.7. The maximum Gasteiger partial charge on any atom is 0.135 e. The Hall–Kier alpha value is -0.670. The maximum atomic E-state index is 11.0. The molecule has 1 unspecified atom stereocenters. The van der Waals surface area contributed by atoms with Crippen LogP contribution in [-0.2, 0) is 16.1 Å². The Morgan fingerprint density at radius 1 is 1.33 bits per heavy atom. The van der Waals surface area contributed by atoms with Gasteiger partial charge in [0.05, 0.1) is 12.7 Å². The van der Waals surface area contributed by atoms with Gasteiger partial charge in [-0.1, -0.05) is 28.1 Å². The summed E-state index contributed by atoms with van der Waals surface area (Å²) in [6.45, 7) is 0.602. The summed E-state index contributed by atoms with van der Waals surface area (Å²) >= 11 is 3.39. The maximum absolute atomic E-state index is 11.0. The van der Waals surface area contributed by atoms with E-state index in [9.17, 15) is 4.79 Å². The molecule has 0 aromatic heterocycles. The first kappa shape index (κ1) is 10.8. The van der Waals surface area contributed by atoms with Crippen molar-refractivity contribution in [2.24, 2.45) is 0 Å². The van der Waals surface area contributed by atoms with Crippen LogP contribution in [-0.4, -0.2) is 11.9 Å². The summed E-state index contributed by atoms with van der Waals surface area (Å²) in [5.74, 6) is 0.329. The average Bonchev–Trinajstić information content (AvgIpc) is 2.64. The van der Waals surface area contributed by atoms with Crippen LogP contribution in [0.4, 0.5) is 0 Å². The van der Waals surface area contributed by atoms with Crippen molar-refractivity contribution in [3.05, 3.63) is 34.3 Å². The Morgan fingerprint density at radius 2 is 2.07 bits per heavy atom. The molecule has 0 amide bonds. The summed E-state index contributed by atoms with van der Waals surface area (Å²) in [4.78, 5) is 11.0.